The van der Waals surface area contributed by atoms with Gasteiger partial charge in [0, 0.05) is 42.4 Å². The molecule has 3 nitrogen and oxygen atoms in total. The number of unbranched alkanes of at least 4 members (excludes halogenated alkanes) is 3. The summed E-state index contributed by atoms with van der Waals surface area (Å²) in [6.07, 6.45) is 11.1. The molecule has 28 heavy (non-hydrogen) atoms. The molecule has 0 aromatic heterocycles. The molecule has 1 aliphatic heterocycles. The van der Waals surface area contributed by atoms with E-state index in [0.29, 0.717) is 6.61 Å². The van der Waals surface area contributed by atoms with Gasteiger partial charge in [-0.25, -0.2) is 0 Å². The molecule has 0 bridgehead atoms. The van der Waals surface area contributed by atoms with Crippen molar-refractivity contribution in [3.63, 3.8) is 0 Å². The molecule has 0 amide bonds. The van der Waals surface area contributed by atoms with Crippen LogP contribution < -0.4 is 10.2 Å². The van der Waals surface area contributed by atoms with Gasteiger partial charge in [-0.15, -0.1) is 11.8 Å². The molecule has 4 heteroatoms. The number of thioether (sulfide) groups is 1. The van der Waals surface area contributed by atoms with E-state index < -0.39 is 0 Å². The lowest BCUT2D eigenvalue weighted by molar-refractivity contribution is -0.541. The minimum atomic E-state index is 0.305. The Morgan fingerprint density at radius 1 is 1.00 bits per heavy atom. The van der Waals surface area contributed by atoms with Gasteiger partial charge in [-0.1, -0.05) is 49.2 Å². The summed E-state index contributed by atoms with van der Waals surface area (Å²) in [6, 6.07) is 17.3. The number of aliphatic hydroxyl groups is 1. The van der Waals surface area contributed by atoms with Gasteiger partial charge in [0.2, 0.25) is 0 Å². The summed E-state index contributed by atoms with van der Waals surface area (Å²) >= 11 is 1.89. The number of para-hydroxylation sites is 2. The van der Waals surface area contributed by atoms with Crippen molar-refractivity contribution in [1.82, 2.24) is 0 Å². The van der Waals surface area contributed by atoms with Gasteiger partial charge in [0.05, 0.1) is 11.9 Å². The Morgan fingerprint density at radius 3 is 2.64 bits per heavy atom. The highest BCUT2D eigenvalue weighted by molar-refractivity contribution is 7.99. The summed E-state index contributed by atoms with van der Waals surface area (Å²) in [5.74, 6) is 0.958. The molecule has 0 aliphatic carbocycles. The highest BCUT2D eigenvalue weighted by Crippen LogP contribution is 2.34. The lowest BCUT2D eigenvalue weighted by atomic mass is 9.99. The van der Waals surface area contributed by atoms with E-state index in [1.54, 1.807) is 0 Å². The number of allylic oxidation sites excluding steroid dienone is 2. The highest BCUT2D eigenvalue weighted by atomic mass is 32.2. The summed E-state index contributed by atoms with van der Waals surface area (Å²) in [4.78, 5) is 3.69. The number of rotatable bonds is 10. The van der Waals surface area contributed by atoms with Crippen LogP contribution in [0, 0.1) is 0 Å². The van der Waals surface area contributed by atoms with Crippen LogP contribution in [0.3, 0.4) is 0 Å². The first-order valence-electron chi connectivity index (χ1n) is 10.2. The fourth-order valence-electron chi connectivity index (χ4n) is 3.50. The van der Waals surface area contributed by atoms with E-state index in [2.05, 4.69) is 84.1 Å². The average molecular weight is 396 g/mol. The zero-order valence-electron chi connectivity index (χ0n) is 16.7. The van der Waals surface area contributed by atoms with Crippen molar-refractivity contribution in [1.29, 1.82) is 0 Å². The van der Waals surface area contributed by atoms with E-state index in [-0.39, 0.29) is 0 Å². The number of fused-ring (bicyclic) bond motifs is 1. The van der Waals surface area contributed by atoms with Gasteiger partial charge in [-0.2, -0.15) is 0 Å². The van der Waals surface area contributed by atoms with Crippen LogP contribution in [-0.2, 0) is 0 Å². The van der Waals surface area contributed by atoms with Crippen LogP contribution in [0.5, 0.6) is 0 Å². The molecule has 148 valence electrons. The van der Waals surface area contributed by atoms with Crippen LogP contribution in [0.15, 0.2) is 71.8 Å². The average Bonchev–Trinajstić information content (AvgIpc) is 2.75. The normalized spacial score (nSPS) is 14.5. The molecular formula is C24H31N2OS+. The third kappa shape index (κ3) is 5.51. The maximum absolute atomic E-state index is 8.92. The number of anilines is 1. The summed E-state index contributed by atoms with van der Waals surface area (Å²) in [5, 5.41) is 11.1. The van der Waals surface area contributed by atoms with Crippen LogP contribution in [-0.4, -0.2) is 31.1 Å². The molecule has 2 aromatic rings. The zero-order valence-corrected chi connectivity index (χ0v) is 17.5. The van der Waals surface area contributed by atoms with Crippen molar-refractivity contribution >= 4 is 28.7 Å². The van der Waals surface area contributed by atoms with Crippen molar-refractivity contribution in [2.45, 2.75) is 30.6 Å². The summed E-state index contributed by atoms with van der Waals surface area (Å²) < 4.78 is 0. The standard InChI is InChI=1S/C24H30N2OS/c1-25-22-11-5-7-13-24(22)28-19-15-20-14-17-26(16-8-2-3-9-18-27)23-12-6-4-10-21(20)23/h4-7,10-15,17,25,27H,2-3,8-9,16,18-19H2,1H3/p+1. The van der Waals surface area contributed by atoms with Gasteiger partial charge in [0.1, 0.15) is 5.69 Å². The molecule has 0 radical (unpaired) electrons. The van der Waals surface area contributed by atoms with E-state index >= 15 is 0 Å². The molecule has 1 aliphatic rings. The van der Waals surface area contributed by atoms with Gasteiger partial charge in [0.25, 0.3) is 0 Å². The molecule has 0 fully saturated rings. The van der Waals surface area contributed by atoms with Gasteiger partial charge in [-0.05, 0) is 36.6 Å². The van der Waals surface area contributed by atoms with E-state index in [1.165, 1.54) is 33.8 Å². The van der Waals surface area contributed by atoms with Gasteiger partial charge in [-0.3, -0.25) is 0 Å². The Labute approximate surface area is 173 Å². The molecule has 3 rings (SSSR count). The number of nitrogens with two attached hydrogens (primary N) is 1. The summed E-state index contributed by atoms with van der Waals surface area (Å²) in [7, 11) is 2.09. The number of hydrogen-bond donors (Lipinski definition) is 2. The van der Waals surface area contributed by atoms with E-state index in [1.807, 2.05) is 11.8 Å². The van der Waals surface area contributed by atoms with Crippen molar-refractivity contribution < 1.29 is 10.4 Å². The quantitative estimate of drug-likeness (QED) is 0.352. The Morgan fingerprint density at radius 2 is 1.79 bits per heavy atom. The van der Waals surface area contributed by atoms with Gasteiger partial charge in [0.15, 0.2) is 0 Å². The molecule has 0 spiro atoms. The van der Waals surface area contributed by atoms with Gasteiger partial charge >= 0.3 is 0 Å². The zero-order chi connectivity index (χ0) is 19.6. The first kappa shape index (κ1) is 20.7. The Balaban J connectivity index is 1.65. The topological polar surface area (TPSA) is 40.1 Å². The molecule has 0 saturated carbocycles. The smallest absolute Gasteiger partial charge is 0.143 e. The maximum Gasteiger partial charge on any atom is 0.143 e. The van der Waals surface area contributed by atoms with E-state index in [0.717, 1.165) is 31.6 Å². The second-order valence-corrected chi connectivity index (χ2v) is 8.02. The predicted molar refractivity (Wildman–Crippen MR) is 121 cm³/mol. The van der Waals surface area contributed by atoms with Crippen molar-refractivity contribution in [3.05, 3.63) is 72.4 Å². The van der Waals surface area contributed by atoms with Crippen LogP contribution in [0.4, 0.5) is 11.4 Å². The fraction of sp³-hybridized carbons (Fsp3) is 0.333. The number of benzene rings is 2. The molecule has 2 aromatic carbocycles. The van der Waals surface area contributed by atoms with Crippen LogP contribution in [0.25, 0.3) is 5.57 Å². The monoisotopic (exact) mass is 395 g/mol. The molecule has 3 N–H and O–H groups in total. The van der Waals surface area contributed by atoms with Crippen molar-refractivity contribution in [2.75, 3.05) is 30.9 Å². The van der Waals surface area contributed by atoms with E-state index in [9.17, 15) is 0 Å². The van der Waals surface area contributed by atoms with E-state index in [4.69, 9.17) is 5.11 Å². The third-order valence-electron chi connectivity index (χ3n) is 5.04. The number of quaternary nitrogens is 1. The minimum Gasteiger partial charge on any atom is -0.396 e. The van der Waals surface area contributed by atoms with Gasteiger partial charge < -0.3 is 15.3 Å². The van der Waals surface area contributed by atoms with Crippen molar-refractivity contribution in [2.24, 2.45) is 0 Å². The minimum absolute atomic E-state index is 0.305. The molecule has 0 atom stereocenters. The largest absolute Gasteiger partial charge is 0.396 e. The summed E-state index contributed by atoms with van der Waals surface area (Å²) in [6.45, 7) is 1.33. The predicted octanol–water partition coefficient (Wildman–Crippen LogP) is 4.57. The number of nitrogens with zero attached hydrogens (tertiary/aromatic N) is 1. The maximum atomic E-state index is 8.92. The second-order valence-electron chi connectivity index (χ2n) is 6.96. The van der Waals surface area contributed by atoms with Crippen molar-refractivity contribution in [3.8, 4) is 0 Å². The van der Waals surface area contributed by atoms with Crippen LogP contribution in [0.1, 0.15) is 31.2 Å². The molecule has 0 saturated heterocycles. The Hall–Kier alpha value is -2.01. The number of hydrogen-bond acceptors (Lipinski definition) is 3. The first-order valence-corrected chi connectivity index (χ1v) is 11.2. The Bertz CT molecular complexity index is 816. The molecular weight excluding hydrogens is 364 g/mol. The number of aliphatic hydroxyl groups excluding tert-OH is 1. The highest BCUT2D eigenvalue weighted by Gasteiger charge is 2.15. The second kappa shape index (κ2) is 11.1. The fourth-order valence-corrected chi connectivity index (χ4v) is 4.47. The van der Waals surface area contributed by atoms with Crippen LogP contribution in [0.2, 0.25) is 0 Å². The lowest BCUT2D eigenvalue weighted by Crippen LogP contribution is -2.72. The molecule has 1 heterocycles. The SMILES string of the molecule is C[NH2+]c1ccccc1SCC=C1C=CN(CCCCCCO)c2ccccc21. The van der Waals surface area contributed by atoms with Crippen LogP contribution >= 0.6 is 11.8 Å². The molecule has 0 unspecified atom stereocenters. The lowest BCUT2D eigenvalue weighted by Gasteiger charge is -2.27. The third-order valence-corrected chi connectivity index (χ3v) is 6.05. The first-order chi connectivity index (χ1) is 13.8. The summed E-state index contributed by atoms with van der Waals surface area (Å²) in [5.41, 5.74) is 5.22. The Kier molecular flexibility index (Phi) is 8.22.